The molecule has 0 aromatic rings. The lowest BCUT2D eigenvalue weighted by molar-refractivity contribution is 0.115. The van der Waals surface area contributed by atoms with Gasteiger partial charge in [-0.15, -0.1) is 72.8 Å². The zero-order valence-electron chi connectivity index (χ0n) is 14.8. The van der Waals surface area contributed by atoms with Crippen LogP contribution in [0.4, 0.5) is 0 Å². The maximum Gasteiger partial charge on any atom is 0.0351 e. The summed E-state index contributed by atoms with van der Waals surface area (Å²) in [4.78, 5) is 10.2. The molecule has 0 unspecified atom stereocenters. The Bertz CT molecular complexity index is 249. The highest BCUT2D eigenvalue weighted by Crippen LogP contribution is 2.06. The van der Waals surface area contributed by atoms with Crippen molar-refractivity contribution < 1.29 is 0 Å². The van der Waals surface area contributed by atoms with Crippen molar-refractivity contribution in [3.05, 3.63) is 0 Å². The molecular formula is C15H34Cl6N4. The Kier molecular flexibility index (Phi) is 23.7. The molecule has 0 radical (unpaired) electrons. The fourth-order valence-electron chi connectivity index (χ4n) is 3.23. The highest BCUT2D eigenvalue weighted by Gasteiger charge is 2.18. The third-order valence-electron chi connectivity index (χ3n) is 4.68. The Morgan fingerprint density at radius 2 is 0.680 bits per heavy atom. The minimum atomic E-state index is 0. The van der Waals surface area contributed by atoms with Crippen LogP contribution in [0.25, 0.3) is 0 Å². The highest BCUT2D eigenvalue weighted by molar-refractivity contribution is 6.18. The van der Waals surface area contributed by atoms with Crippen molar-refractivity contribution in [2.75, 3.05) is 90.3 Å². The first-order chi connectivity index (χ1) is 10.3. The summed E-state index contributed by atoms with van der Waals surface area (Å²) in [5.41, 5.74) is 0. The third kappa shape index (κ3) is 12.6. The van der Waals surface area contributed by atoms with Crippen LogP contribution in [0.2, 0.25) is 0 Å². The van der Waals surface area contributed by atoms with E-state index in [4.69, 9.17) is 23.2 Å². The SMILES string of the molecule is Cl.Cl.Cl.Cl.ClCCN1CCN(CCCN2CCN(CCCl)CC2)CC1. The van der Waals surface area contributed by atoms with Crippen LogP contribution in [0.5, 0.6) is 0 Å². The molecule has 156 valence electrons. The zero-order valence-corrected chi connectivity index (χ0v) is 19.6. The number of halogens is 6. The lowest BCUT2D eigenvalue weighted by Gasteiger charge is -2.36. The maximum absolute atomic E-state index is 5.80. The second kappa shape index (κ2) is 18.9. The van der Waals surface area contributed by atoms with Gasteiger partial charge in [0.2, 0.25) is 0 Å². The van der Waals surface area contributed by atoms with Crippen molar-refractivity contribution >= 4 is 72.8 Å². The van der Waals surface area contributed by atoms with Crippen LogP contribution in [0.1, 0.15) is 6.42 Å². The van der Waals surface area contributed by atoms with Crippen molar-refractivity contribution in [1.82, 2.24) is 19.6 Å². The lowest BCUT2D eigenvalue weighted by Crippen LogP contribution is -2.49. The first kappa shape index (κ1) is 31.3. The maximum atomic E-state index is 5.80. The largest absolute Gasteiger partial charge is 0.301 e. The molecule has 0 atom stereocenters. The number of hydrogen-bond acceptors (Lipinski definition) is 4. The van der Waals surface area contributed by atoms with Gasteiger partial charge in [-0.3, -0.25) is 9.80 Å². The molecule has 2 heterocycles. The Hall–Kier alpha value is 1.58. The highest BCUT2D eigenvalue weighted by atomic mass is 35.5. The van der Waals surface area contributed by atoms with Gasteiger partial charge in [0.25, 0.3) is 0 Å². The second-order valence-electron chi connectivity index (χ2n) is 6.10. The standard InChI is InChI=1S/C15H30Cl2N4.4ClH/c16-2-6-20-12-8-18(9-13-20)4-1-5-19-10-14-21(7-3-17)15-11-19;;;;/h1-15H2;4*1H. The molecule has 0 saturated carbocycles. The average Bonchev–Trinajstić information content (AvgIpc) is 2.51. The van der Waals surface area contributed by atoms with Gasteiger partial charge in [-0.05, 0) is 19.5 Å². The van der Waals surface area contributed by atoms with E-state index in [9.17, 15) is 0 Å². The smallest absolute Gasteiger partial charge is 0.0351 e. The fourth-order valence-corrected chi connectivity index (χ4v) is 3.71. The molecule has 2 fully saturated rings. The Balaban J connectivity index is -0.00000121. The summed E-state index contributed by atoms with van der Waals surface area (Å²) in [6.45, 7) is 14.2. The minimum Gasteiger partial charge on any atom is -0.301 e. The summed E-state index contributed by atoms with van der Waals surface area (Å²) in [6, 6.07) is 0. The van der Waals surface area contributed by atoms with Crippen molar-refractivity contribution in [1.29, 1.82) is 0 Å². The molecule has 10 heteroatoms. The van der Waals surface area contributed by atoms with Gasteiger partial charge in [0.05, 0.1) is 0 Å². The predicted molar refractivity (Wildman–Crippen MR) is 121 cm³/mol. The first-order valence-electron chi connectivity index (χ1n) is 8.33. The van der Waals surface area contributed by atoms with Gasteiger partial charge in [0.15, 0.2) is 0 Å². The van der Waals surface area contributed by atoms with Gasteiger partial charge >= 0.3 is 0 Å². The molecule has 4 nitrogen and oxygen atoms in total. The lowest BCUT2D eigenvalue weighted by atomic mass is 10.2. The van der Waals surface area contributed by atoms with Crippen LogP contribution in [-0.2, 0) is 0 Å². The van der Waals surface area contributed by atoms with Gasteiger partial charge in [0.1, 0.15) is 0 Å². The molecule has 0 N–H and O–H groups in total. The van der Waals surface area contributed by atoms with E-state index in [1.807, 2.05) is 0 Å². The van der Waals surface area contributed by atoms with Crippen LogP contribution in [0.15, 0.2) is 0 Å². The summed E-state index contributed by atoms with van der Waals surface area (Å²) < 4.78 is 0. The van der Waals surface area contributed by atoms with E-state index >= 15 is 0 Å². The Morgan fingerprint density at radius 3 is 0.920 bits per heavy atom. The summed E-state index contributed by atoms with van der Waals surface area (Å²) in [7, 11) is 0. The molecule has 0 bridgehead atoms. The summed E-state index contributed by atoms with van der Waals surface area (Å²) in [5.74, 6) is 1.52. The predicted octanol–water partition coefficient (Wildman–Crippen LogP) is 2.78. The molecule has 25 heavy (non-hydrogen) atoms. The summed E-state index contributed by atoms with van der Waals surface area (Å²) in [6.07, 6.45) is 1.30. The van der Waals surface area contributed by atoms with Gasteiger partial charge in [-0.25, -0.2) is 0 Å². The Morgan fingerprint density at radius 1 is 0.440 bits per heavy atom. The Labute approximate surface area is 188 Å². The van der Waals surface area contributed by atoms with Crippen LogP contribution in [0.3, 0.4) is 0 Å². The molecule has 0 aromatic heterocycles. The van der Waals surface area contributed by atoms with Gasteiger partial charge in [-0.1, -0.05) is 0 Å². The molecule has 0 aromatic carbocycles. The van der Waals surface area contributed by atoms with E-state index in [1.54, 1.807) is 0 Å². The van der Waals surface area contributed by atoms with Crippen LogP contribution < -0.4 is 0 Å². The number of alkyl halides is 2. The zero-order chi connectivity index (χ0) is 14.9. The monoisotopic (exact) mass is 480 g/mol. The van der Waals surface area contributed by atoms with Gasteiger partial charge in [0, 0.05) is 77.2 Å². The van der Waals surface area contributed by atoms with E-state index < -0.39 is 0 Å². The normalized spacial score (nSPS) is 19.9. The molecule has 2 aliphatic heterocycles. The topological polar surface area (TPSA) is 13.0 Å². The summed E-state index contributed by atoms with van der Waals surface area (Å²) in [5, 5.41) is 0. The quantitative estimate of drug-likeness (QED) is 0.493. The fraction of sp³-hybridized carbons (Fsp3) is 1.00. The number of nitrogens with zero attached hydrogens (tertiary/aromatic N) is 4. The van der Waals surface area contributed by atoms with Crippen LogP contribution >= 0.6 is 72.8 Å². The van der Waals surface area contributed by atoms with Gasteiger partial charge in [-0.2, -0.15) is 0 Å². The molecule has 2 saturated heterocycles. The van der Waals surface area contributed by atoms with Crippen LogP contribution in [0, 0.1) is 0 Å². The van der Waals surface area contributed by atoms with E-state index in [0.717, 1.165) is 24.8 Å². The van der Waals surface area contributed by atoms with Crippen molar-refractivity contribution in [2.45, 2.75) is 6.42 Å². The van der Waals surface area contributed by atoms with E-state index in [0.29, 0.717) is 0 Å². The molecule has 0 spiro atoms. The van der Waals surface area contributed by atoms with Gasteiger partial charge < -0.3 is 9.80 Å². The third-order valence-corrected chi connectivity index (χ3v) is 5.02. The molecule has 2 rings (SSSR count). The number of hydrogen-bond donors (Lipinski definition) is 0. The van der Waals surface area contributed by atoms with E-state index in [1.165, 1.54) is 71.9 Å². The minimum absolute atomic E-state index is 0. The average molecular weight is 483 g/mol. The van der Waals surface area contributed by atoms with Crippen molar-refractivity contribution in [3.63, 3.8) is 0 Å². The summed E-state index contributed by atoms with van der Waals surface area (Å²) >= 11 is 11.6. The molecule has 0 amide bonds. The molecular weight excluding hydrogens is 449 g/mol. The van der Waals surface area contributed by atoms with Crippen LogP contribution in [-0.4, -0.2) is 110 Å². The van der Waals surface area contributed by atoms with E-state index in [-0.39, 0.29) is 49.6 Å². The number of piperazine rings is 2. The first-order valence-corrected chi connectivity index (χ1v) is 9.40. The second-order valence-corrected chi connectivity index (χ2v) is 6.85. The molecule has 2 aliphatic rings. The van der Waals surface area contributed by atoms with E-state index in [2.05, 4.69) is 19.6 Å². The number of rotatable bonds is 8. The molecule has 0 aliphatic carbocycles. The van der Waals surface area contributed by atoms with Crippen molar-refractivity contribution in [3.8, 4) is 0 Å². The van der Waals surface area contributed by atoms with Crippen molar-refractivity contribution in [2.24, 2.45) is 0 Å².